The first kappa shape index (κ1) is 11.4. The van der Waals surface area contributed by atoms with Gasteiger partial charge < -0.3 is 5.73 Å². The Balaban J connectivity index is 4.30. The van der Waals surface area contributed by atoms with Crippen LogP contribution in [-0.4, -0.2) is 18.0 Å². The van der Waals surface area contributed by atoms with E-state index in [4.69, 9.17) is 5.73 Å². The lowest BCUT2D eigenvalue weighted by Crippen LogP contribution is -2.44. The van der Waals surface area contributed by atoms with Crippen molar-refractivity contribution in [3.05, 3.63) is 0 Å². The minimum absolute atomic E-state index is 0.431. The van der Waals surface area contributed by atoms with Gasteiger partial charge in [0.05, 0.1) is 6.04 Å². The number of carbonyl (C=O) groups excluding carboxylic acids is 1. The molecule has 0 aromatic carbocycles. The van der Waals surface area contributed by atoms with Crippen molar-refractivity contribution in [2.45, 2.75) is 32.5 Å². The van der Waals surface area contributed by atoms with Crippen LogP contribution < -0.4 is 5.73 Å². The van der Waals surface area contributed by atoms with Gasteiger partial charge in [0.15, 0.2) is 0 Å². The van der Waals surface area contributed by atoms with Crippen molar-refractivity contribution in [2.24, 2.45) is 11.7 Å². The molecule has 0 spiro atoms. The van der Waals surface area contributed by atoms with Crippen molar-refractivity contribution in [1.29, 1.82) is 0 Å². The maximum absolute atomic E-state index is 11.8. The van der Waals surface area contributed by atoms with Gasteiger partial charge in [0, 0.05) is 0 Å². The fourth-order valence-electron chi connectivity index (χ4n) is 0.701. The van der Waals surface area contributed by atoms with Crippen molar-refractivity contribution in [1.82, 2.24) is 0 Å². The van der Waals surface area contributed by atoms with Crippen LogP contribution in [0.4, 0.5) is 13.2 Å². The predicted molar refractivity (Wildman–Crippen MR) is 38.5 cm³/mol. The van der Waals surface area contributed by atoms with E-state index in [1.807, 2.05) is 0 Å². The SMILES string of the molecule is CC[C@@H](C)[C@@H](N)C(=O)C(F)(F)F. The highest BCUT2D eigenvalue weighted by atomic mass is 19.4. The van der Waals surface area contributed by atoms with Gasteiger partial charge in [-0.2, -0.15) is 13.2 Å². The van der Waals surface area contributed by atoms with Crippen LogP contribution in [0.25, 0.3) is 0 Å². The third-order valence-electron chi connectivity index (χ3n) is 1.84. The molecule has 2 N–H and O–H groups in total. The third-order valence-corrected chi connectivity index (χ3v) is 1.84. The Hall–Kier alpha value is -0.580. The van der Waals surface area contributed by atoms with Crippen LogP contribution in [0.3, 0.4) is 0 Å². The quantitative estimate of drug-likeness (QED) is 0.720. The highest BCUT2D eigenvalue weighted by Gasteiger charge is 2.43. The summed E-state index contributed by atoms with van der Waals surface area (Å²) in [6.07, 6.45) is -4.34. The van der Waals surface area contributed by atoms with Gasteiger partial charge in [0.2, 0.25) is 0 Å². The van der Waals surface area contributed by atoms with E-state index in [1.54, 1.807) is 6.92 Å². The number of ketones is 1. The fraction of sp³-hybridized carbons (Fsp3) is 0.857. The standard InChI is InChI=1S/C7H12F3NO/c1-3-4(2)5(11)6(12)7(8,9)10/h4-5H,3,11H2,1-2H3/t4-,5-/m1/s1. The molecule has 0 heterocycles. The Morgan fingerprint density at radius 2 is 1.92 bits per heavy atom. The molecule has 0 amide bonds. The molecule has 0 aromatic heterocycles. The summed E-state index contributed by atoms with van der Waals surface area (Å²) in [7, 11) is 0. The molecule has 0 aliphatic heterocycles. The molecule has 0 saturated carbocycles. The fourth-order valence-corrected chi connectivity index (χ4v) is 0.701. The van der Waals surface area contributed by atoms with Gasteiger partial charge >= 0.3 is 6.18 Å². The number of rotatable bonds is 3. The summed E-state index contributed by atoms with van der Waals surface area (Å²) in [6.45, 7) is 3.21. The summed E-state index contributed by atoms with van der Waals surface area (Å²) in [5.74, 6) is -2.27. The summed E-state index contributed by atoms with van der Waals surface area (Å²) in [5, 5.41) is 0. The van der Waals surface area contributed by atoms with Gasteiger partial charge in [-0.15, -0.1) is 0 Å². The number of hydrogen-bond donors (Lipinski definition) is 1. The third kappa shape index (κ3) is 2.81. The van der Waals surface area contributed by atoms with E-state index in [2.05, 4.69) is 0 Å². The van der Waals surface area contributed by atoms with Gasteiger partial charge in [-0.05, 0) is 5.92 Å². The highest BCUT2D eigenvalue weighted by Crippen LogP contribution is 2.20. The van der Waals surface area contributed by atoms with Crippen LogP contribution in [0.1, 0.15) is 20.3 Å². The smallest absolute Gasteiger partial charge is 0.321 e. The van der Waals surface area contributed by atoms with Crippen LogP contribution in [0.15, 0.2) is 0 Å². The topological polar surface area (TPSA) is 43.1 Å². The van der Waals surface area contributed by atoms with Crippen molar-refractivity contribution < 1.29 is 18.0 Å². The van der Waals surface area contributed by atoms with Crippen molar-refractivity contribution in [3.8, 4) is 0 Å². The lowest BCUT2D eigenvalue weighted by atomic mass is 9.96. The van der Waals surface area contributed by atoms with E-state index in [1.165, 1.54) is 6.92 Å². The first-order valence-electron chi connectivity index (χ1n) is 3.67. The van der Waals surface area contributed by atoms with Crippen LogP contribution >= 0.6 is 0 Å². The summed E-state index contributed by atoms with van der Waals surface area (Å²) in [4.78, 5) is 10.5. The monoisotopic (exact) mass is 183 g/mol. The second-order valence-electron chi connectivity index (χ2n) is 2.77. The lowest BCUT2D eigenvalue weighted by molar-refractivity contribution is -0.173. The van der Waals surface area contributed by atoms with Gasteiger partial charge in [0.1, 0.15) is 0 Å². The predicted octanol–water partition coefficient (Wildman–Crippen LogP) is 1.49. The first-order valence-corrected chi connectivity index (χ1v) is 3.67. The minimum Gasteiger partial charge on any atom is -0.321 e. The summed E-state index contributed by atoms with van der Waals surface area (Å²) >= 11 is 0. The zero-order chi connectivity index (χ0) is 9.94. The molecule has 2 atom stereocenters. The number of carbonyl (C=O) groups is 1. The molecule has 0 radical (unpaired) electrons. The van der Waals surface area contributed by atoms with E-state index in [0.29, 0.717) is 6.42 Å². The second-order valence-corrected chi connectivity index (χ2v) is 2.77. The van der Waals surface area contributed by atoms with E-state index < -0.39 is 23.9 Å². The summed E-state index contributed by atoms with van der Waals surface area (Å²) in [6, 6.07) is -1.42. The zero-order valence-electron chi connectivity index (χ0n) is 6.98. The van der Waals surface area contributed by atoms with Gasteiger partial charge in [-0.3, -0.25) is 4.79 Å². The van der Waals surface area contributed by atoms with E-state index in [-0.39, 0.29) is 0 Å². The number of halogens is 3. The van der Waals surface area contributed by atoms with Crippen molar-refractivity contribution >= 4 is 5.78 Å². The van der Waals surface area contributed by atoms with E-state index in [9.17, 15) is 18.0 Å². The van der Waals surface area contributed by atoms with Crippen LogP contribution in [0.2, 0.25) is 0 Å². The molecule has 2 nitrogen and oxygen atoms in total. The maximum Gasteiger partial charge on any atom is 0.451 e. The Bertz CT molecular complexity index is 167. The van der Waals surface area contributed by atoms with Gasteiger partial charge in [0.25, 0.3) is 5.78 Å². The maximum atomic E-state index is 11.8. The number of hydrogen-bond acceptors (Lipinski definition) is 2. The molecular formula is C7H12F3NO. The van der Waals surface area contributed by atoms with Crippen LogP contribution in [0, 0.1) is 5.92 Å². The Labute approximate surface area is 68.9 Å². The van der Waals surface area contributed by atoms with Gasteiger partial charge in [-0.25, -0.2) is 0 Å². The lowest BCUT2D eigenvalue weighted by Gasteiger charge is -2.17. The van der Waals surface area contributed by atoms with Crippen molar-refractivity contribution in [3.63, 3.8) is 0 Å². The molecule has 0 fully saturated rings. The minimum atomic E-state index is -4.80. The Morgan fingerprint density at radius 1 is 1.50 bits per heavy atom. The molecule has 12 heavy (non-hydrogen) atoms. The van der Waals surface area contributed by atoms with E-state index in [0.717, 1.165) is 0 Å². The van der Waals surface area contributed by atoms with E-state index >= 15 is 0 Å². The number of alkyl halides is 3. The summed E-state index contributed by atoms with van der Waals surface area (Å²) < 4.78 is 35.3. The zero-order valence-corrected chi connectivity index (χ0v) is 6.98. The summed E-state index contributed by atoms with van der Waals surface area (Å²) in [5.41, 5.74) is 5.09. The molecule has 0 aromatic rings. The van der Waals surface area contributed by atoms with Gasteiger partial charge in [-0.1, -0.05) is 20.3 Å². The van der Waals surface area contributed by atoms with Crippen LogP contribution in [-0.2, 0) is 4.79 Å². The molecule has 0 aliphatic carbocycles. The molecule has 5 heteroatoms. The molecule has 0 bridgehead atoms. The number of nitrogens with two attached hydrogens (primary N) is 1. The molecule has 72 valence electrons. The second kappa shape index (κ2) is 3.89. The average molecular weight is 183 g/mol. The molecular weight excluding hydrogens is 171 g/mol. The molecule has 0 aliphatic rings. The highest BCUT2D eigenvalue weighted by molar-refractivity contribution is 5.89. The largest absolute Gasteiger partial charge is 0.451 e. The first-order chi connectivity index (χ1) is 5.30. The van der Waals surface area contributed by atoms with Crippen molar-refractivity contribution in [2.75, 3.05) is 0 Å². The number of Topliss-reactive ketones (excluding diaryl/α,β-unsaturated/α-hetero) is 1. The Morgan fingerprint density at radius 3 is 2.17 bits per heavy atom. The average Bonchev–Trinajstić information content (AvgIpc) is 1.98. The normalized spacial score (nSPS) is 17.2. The molecule has 0 unspecified atom stereocenters. The Kier molecular flexibility index (Phi) is 3.70. The van der Waals surface area contributed by atoms with Crippen LogP contribution in [0.5, 0.6) is 0 Å². The molecule has 0 rings (SSSR count). The molecule has 0 saturated heterocycles.